The van der Waals surface area contributed by atoms with Gasteiger partial charge in [0.25, 0.3) is 0 Å². The monoisotopic (exact) mass is 462 g/mol. The molecule has 0 saturated carbocycles. The van der Waals surface area contributed by atoms with Crippen molar-refractivity contribution in [3.05, 3.63) is 89.5 Å². The number of methoxy groups -OCH3 is 2. The molecule has 0 saturated heterocycles. The van der Waals surface area contributed by atoms with Crippen LogP contribution < -0.4 is 24.8 Å². The van der Waals surface area contributed by atoms with Crippen molar-refractivity contribution in [3.8, 4) is 17.2 Å². The molecule has 0 aliphatic rings. The number of amides is 2. The standard InChI is InChI=1S/C27H30N2O5/c1-4-34-24-15-9-21(10-16-24)27(28-25(30)17-19-5-11-22(32-2)12-6-19)29-26(31)18-20-7-13-23(33-3)14-8-20/h5-16,27H,4,17-18H2,1-3H3,(H,28,30)(H,29,31). The molecule has 3 rings (SSSR count). The molecule has 2 amide bonds. The van der Waals surface area contributed by atoms with Gasteiger partial charge in [-0.05, 0) is 60.0 Å². The van der Waals surface area contributed by atoms with Gasteiger partial charge >= 0.3 is 0 Å². The van der Waals surface area contributed by atoms with Crippen LogP contribution in [0.15, 0.2) is 72.8 Å². The molecule has 3 aromatic rings. The van der Waals surface area contributed by atoms with E-state index in [2.05, 4.69) is 10.6 Å². The van der Waals surface area contributed by atoms with Gasteiger partial charge in [0.05, 0.1) is 33.7 Å². The third kappa shape index (κ3) is 7.27. The van der Waals surface area contributed by atoms with E-state index < -0.39 is 6.17 Å². The third-order valence-electron chi connectivity index (χ3n) is 5.18. The minimum Gasteiger partial charge on any atom is -0.497 e. The van der Waals surface area contributed by atoms with E-state index in [0.717, 1.165) is 33.9 Å². The van der Waals surface area contributed by atoms with Crippen LogP contribution in [0.1, 0.15) is 29.8 Å². The normalized spacial score (nSPS) is 10.5. The fraction of sp³-hybridized carbons (Fsp3) is 0.259. The highest BCUT2D eigenvalue weighted by atomic mass is 16.5. The minimum absolute atomic E-state index is 0.172. The van der Waals surface area contributed by atoms with E-state index in [9.17, 15) is 9.59 Å². The van der Waals surface area contributed by atoms with Crippen LogP contribution in [0.4, 0.5) is 0 Å². The molecule has 0 fully saturated rings. The lowest BCUT2D eigenvalue weighted by molar-refractivity contribution is -0.123. The minimum atomic E-state index is -0.688. The lowest BCUT2D eigenvalue weighted by Crippen LogP contribution is -2.42. The maximum Gasteiger partial charge on any atom is 0.226 e. The molecule has 0 aliphatic carbocycles. The molecule has 0 heterocycles. The summed E-state index contributed by atoms with van der Waals surface area (Å²) in [7, 11) is 3.19. The number of carbonyl (C=O) groups excluding carboxylic acids is 2. The Morgan fingerprint density at radius 1 is 0.676 bits per heavy atom. The van der Waals surface area contributed by atoms with Crippen LogP contribution >= 0.6 is 0 Å². The van der Waals surface area contributed by atoms with Crippen molar-refractivity contribution < 1.29 is 23.8 Å². The molecule has 3 aromatic carbocycles. The zero-order chi connectivity index (χ0) is 24.3. The number of ether oxygens (including phenoxy) is 3. The first-order valence-electron chi connectivity index (χ1n) is 11.1. The molecule has 7 heteroatoms. The second-order valence-corrected chi connectivity index (χ2v) is 7.62. The van der Waals surface area contributed by atoms with E-state index in [0.29, 0.717) is 6.61 Å². The summed E-state index contributed by atoms with van der Waals surface area (Å²) in [6, 6.07) is 21.9. The smallest absolute Gasteiger partial charge is 0.226 e. The van der Waals surface area contributed by atoms with Crippen molar-refractivity contribution in [2.24, 2.45) is 0 Å². The van der Waals surface area contributed by atoms with E-state index in [-0.39, 0.29) is 24.7 Å². The lowest BCUT2D eigenvalue weighted by Gasteiger charge is -2.21. The van der Waals surface area contributed by atoms with Crippen molar-refractivity contribution in [2.45, 2.75) is 25.9 Å². The van der Waals surface area contributed by atoms with Crippen LogP contribution in [0, 0.1) is 0 Å². The van der Waals surface area contributed by atoms with E-state index in [1.165, 1.54) is 0 Å². The fourth-order valence-electron chi connectivity index (χ4n) is 3.41. The molecule has 0 unspecified atom stereocenters. The van der Waals surface area contributed by atoms with Gasteiger partial charge < -0.3 is 24.8 Å². The zero-order valence-electron chi connectivity index (χ0n) is 19.7. The SMILES string of the molecule is CCOc1ccc(C(NC(=O)Cc2ccc(OC)cc2)NC(=O)Cc2ccc(OC)cc2)cc1. The van der Waals surface area contributed by atoms with Crippen LogP contribution in [0.3, 0.4) is 0 Å². The largest absolute Gasteiger partial charge is 0.497 e. The summed E-state index contributed by atoms with van der Waals surface area (Å²) >= 11 is 0. The van der Waals surface area contributed by atoms with Crippen molar-refractivity contribution in [1.82, 2.24) is 10.6 Å². The highest BCUT2D eigenvalue weighted by Crippen LogP contribution is 2.18. The Morgan fingerprint density at radius 3 is 1.47 bits per heavy atom. The maximum absolute atomic E-state index is 12.8. The lowest BCUT2D eigenvalue weighted by atomic mass is 10.1. The number of hydrogen-bond donors (Lipinski definition) is 2. The Morgan fingerprint density at radius 2 is 1.09 bits per heavy atom. The molecule has 0 aromatic heterocycles. The average molecular weight is 463 g/mol. The summed E-state index contributed by atoms with van der Waals surface area (Å²) < 4.78 is 15.8. The van der Waals surface area contributed by atoms with Crippen molar-refractivity contribution in [3.63, 3.8) is 0 Å². The molecular formula is C27H30N2O5. The van der Waals surface area contributed by atoms with Crippen LogP contribution in [-0.4, -0.2) is 32.6 Å². The summed E-state index contributed by atoms with van der Waals surface area (Å²) in [4.78, 5) is 25.6. The van der Waals surface area contributed by atoms with Crippen molar-refractivity contribution in [1.29, 1.82) is 0 Å². The first-order valence-corrected chi connectivity index (χ1v) is 11.1. The van der Waals surface area contributed by atoms with Gasteiger partial charge in [-0.1, -0.05) is 36.4 Å². The number of nitrogens with one attached hydrogen (secondary N) is 2. The number of benzene rings is 3. The molecule has 0 bridgehead atoms. The molecule has 0 atom stereocenters. The van der Waals surface area contributed by atoms with Gasteiger partial charge in [0.1, 0.15) is 23.4 Å². The number of hydrogen-bond acceptors (Lipinski definition) is 5. The first-order chi connectivity index (χ1) is 16.5. The molecule has 7 nitrogen and oxygen atoms in total. The van der Waals surface area contributed by atoms with Crippen LogP contribution in [0.25, 0.3) is 0 Å². The fourth-order valence-corrected chi connectivity index (χ4v) is 3.41. The molecule has 2 N–H and O–H groups in total. The van der Waals surface area contributed by atoms with Crippen LogP contribution in [0.2, 0.25) is 0 Å². The van der Waals surface area contributed by atoms with E-state index in [4.69, 9.17) is 14.2 Å². The number of carbonyl (C=O) groups is 2. The Bertz CT molecular complexity index is 1000. The van der Waals surface area contributed by atoms with Crippen molar-refractivity contribution >= 4 is 11.8 Å². The van der Waals surface area contributed by atoms with Gasteiger partial charge in [-0.15, -0.1) is 0 Å². The Labute approximate surface area is 200 Å². The third-order valence-corrected chi connectivity index (χ3v) is 5.18. The average Bonchev–Trinajstić information content (AvgIpc) is 2.85. The van der Waals surface area contributed by atoms with Crippen LogP contribution in [-0.2, 0) is 22.4 Å². The predicted molar refractivity (Wildman–Crippen MR) is 130 cm³/mol. The molecule has 0 aliphatic heterocycles. The summed E-state index contributed by atoms with van der Waals surface area (Å²) in [6.45, 7) is 2.47. The predicted octanol–water partition coefficient (Wildman–Crippen LogP) is 3.82. The quantitative estimate of drug-likeness (QED) is 0.423. The summed E-state index contributed by atoms with van der Waals surface area (Å²) in [6.07, 6.45) is -0.343. The van der Waals surface area contributed by atoms with Gasteiger partial charge in [0, 0.05) is 0 Å². The molecule has 178 valence electrons. The number of rotatable bonds is 11. The second kappa shape index (κ2) is 12.3. The Kier molecular flexibility index (Phi) is 8.91. The summed E-state index contributed by atoms with van der Waals surface area (Å²) in [5.41, 5.74) is 2.43. The van der Waals surface area contributed by atoms with E-state index in [1.54, 1.807) is 14.2 Å². The van der Waals surface area contributed by atoms with Crippen LogP contribution in [0.5, 0.6) is 17.2 Å². The molecule has 34 heavy (non-hydrogen) atoms. The van der Waals surface area contributed by atoms with Crippen molar-refractivity contribution in [2.75, 3.05) is 20.8 Å². The highest BCUT2D eigenvalue weighted by molar-refractivity contribution is 5.82. The van der Waals surface area contributed by atoms with Gasteiger partial charge in [0.2, 0.25) is 11.8 Å². The highest BCUT2D eigenvalue weighted by Gasteiger charge is 2.18. The summed E-state index contributed by atoms with van der Waals surface area (Å²) in [5.74, 6) is 1.74. The summed E-state index contributed by atoms with van der Waals surface area (Å²) in [5, 5.41) is 5.87. The Hall–Kier alpha value is -4.00. The molecular weight excluding hydrogens is 432 g/mol. The van der Waals surface area contributed by atoms with Gasteiger partial charge in [-0.25, -0.2) is 0 Å². The Balaban J connectivity index is 1.71. The maximum atomic E-state index is 12.8. The first kappa shape index (κ1) is 24.6. The second-order valence-electron chi connectivity index (χ2n) is 7.62. The van der Waals surface area contributed by atoms with Gasteiger partial charge in [0.15, 0.2) is 0 Å². The molecule has 0 radical (unpaired) electrons. The van der Waals surface area contributed by atoms with Gasteiger partial charge in [-0.3, -0.25) is 9.59 Å². The topological polar surface area (TPSA) is 85.9 Å². The molecule has 0 spiro atoms. The van der Waals surface area contributed by atoms with E-state index >= 15 is 0 Å². The zero-order valence-corrected chi connectivity index (χ0v) is 19.7. The van der Waals surface area contributed by atoms with E-state index in [1.807, 2.05) is 79.7 Å². The van der Waals surface area contributed by atoms with Gasteiger partial charge in [-0.2, -0.15) is 0 Å².